The Morgan fingerprint density at radius 1 is 1.02 bits per heavy atom. The summed E-state index contributed by atoms with van der Waals surface area (Å²) >= 11 is 2.94. The molecule has 1 N–H and O–H groups in total. The van der Waals surface area contributed by atoms with Crippen molar-refractivity contribution in [2.24, 2.45) is 0 Å². The Labute approximate surface area is 244 Å². The van der Waals surface area contributed by atoms with E-state index in [-0.39, 0.29) is 11.3 Å². The highest BCUT2D eigenvalue weighted by Crippen LogP contribution is 2.33. The molecule has 0 radical (unpaired) electrons. The largest absolute Gasteiger partial charge is 0.481 e. The molecule has 0 aliphatic heterocycles. The summed E-state index contributed by atoms with van der Waals surface area (Å²) in [7, 11) is 0. The second-order valence-corrected chi connectivity index (χ2v) is 11.7. The number of aliphatic carboxylic acids is 1. The highest BCUT2D eigenvalue weighted by atomic mass is 32.2. The molecule has 3 nitrogen and oxygen atoms in total. The first kappa shape index (κ1) is 31.4. The number of rotatable bonds is 13. The minimum Gasteiger partial charge on any atom is -0.481 e. The van der Waals surface area contributed by atoms with Gasteiger partial charge in [0, 0.05) is 28.5 Å². The zero-order chi connectivity index (χ0) is 29.2. The van der Waals surface area contributed by atoms with Gasteiger partial charge in [0.1, 0.15) is 0 Å². The van der Waals surface area contributed by atoms with Gasteiger partial charge in [0.25, 0.3) is 6.43 Å². The first-order valence-electron chi connectivity index (χ1n) is 12.9. The van der Waals surface area contributed by atoms with E-state index in [4.69, 9.17) is 5.11 Å². The lowest BCUT2D eigenvalue weighted by Gasteiger charge is -2.24. The van der Waals surface area contributed by atoms with Gasteiger partial charge in [-0.05, 0) is 91.2 Å². The molecule has 0 spiro atoms. The summed E-state index contributed by atoms with van der Waals surface area (Å²) in [6.07, 6.45) is 2.03. The van der Waals surface area contributed by atoms with Crippen molar-refractivity contribution >= 4 is 29.7 Å². The van der Waals surface area contributed by atoms with E-state index >= 15 is 0 Å². The normalized spacial score (nSPS) is 12.3. The number of nitrogens with zero attached hydrogens (tertiary/aromatic N) is 1. The van der Waals surface area contributed by atoms with Crippen LogP contribution in [0.2, 0.25) is 0 Å². The summed E-state index contributed by atoms with van der Waals surface area (Å²) in [4.78, 5) is 13.0. The van der Waals surface area contributed by atoms with Gasteiger partial charge >= 0.3 is 5.97 Å². The molecular weight excluding hydrogens is 544 g/mol. The number of alkyl halides is 2. The molecule has 0 aliphatic carbocycles. The predicted octanol–water partition coefficient (Wildman–Crippen LogP) is 9.29. The fourth-order valence-electron chi connectivity index (χ4n) is 4.33. The van der Waals surface area contributed by atoms with Crippen molar-refractivity contribution in [3.05, 3.63) is 119 Å². The van der Waals surface area contributed by atoms with Crippen LogP contribution in [0.1, 0.15) is 29.2 Å². The summed E-state index contributed by atoms with van der Waals surface area (Å²) in [6, 6.07) is 20.4. The zero-order valence-corrected chi connectivity index (χ0v) is 24.9. The Kier molecular flexibility index (Phi) is 11.8. The lowest BCUT2D eigenvalue weighted by molar-refractivity contribution is -0.133. The molecule has 7 heteroatoms. The van der Waals surface area contributed by atoms with Crippen LogP contribution in [0.15, 0.2) is 106 Å². The molecule has 0 fully saturated rings. The van der Waals surface area contributed by atoms with Crippen LogP contribution in [0, 0.1) is 20.8 Å². The van der Waals surface area contributed by atoms with Crippen LogP contribution in [0.25, 0.3) is 11.1 Å². The molecule has 0 saturated heterocycles. The fraction of sp³-hybridized carbons (Fsp3) is 0.242. The Morgan fingerprint density at radius 3 is 2.27 bits per heavy atom. The van der Waals surface area contributed by atoms with E-state index < -0.39 is 12.4 Å². The Balaban J connectivity index is 1.87. The third-order valence-electron chi connectivity index (χ3n) is 6.24. The molecule has 0 aliphatic rings. The standard InChI is InChI=1S/C33H35F2NO2S2/c1-6-25(17-27(7-2)33(34)35)19-36(40-32-23(4)15-22(3)16-24(32)5)20-26-11-13-28(14-12-26)29-9-8-10-30(18-29)39-21-31(37)38/h6-18,33H,2,19-21H2,1,3-5H3,(H,37,38)/b25-6+,27-17+. The van der Waals surface area contributed by atoms with Crippen molar-refractivity contribution in [2.45, 2.75) is 50.5 Å². The highest BCUT2D eigenvalue weighted by Gasteiger charge is 2.16. The quantitative estimate of drug-likeness (QED) is 0.124. The molecule has 3 rings (SSSR count). The van der Waals surface area contributed by atoms with Crippen LogP contribution >= 0.6 is 23.7 Å². The molecule has 0 unspecified atom stereocenters. The van der Waals surface area contributed by atoms with Crippen molar-refractivity contribution in [1.29, 1.82) is 0 Å². The summed E-state index contributed by atoms with van der Waals surface area (Å²) in [5, 5.41) is 8.98. The molecule has 0 aromatic heterocycles. The minimum absolute atomic E-state index is 0.0187. The van der Waals surface area contributed by atoms with Gasteiger partial charge < -0.3 is 5.11 Å². The van der Waals surface area contributed by atoms with Gasteiger partial charge in [-0.25, -0.2) is 13.1 Å². The summed E-state index contributed by atoms with van der Waals surface area (Å²) in [6.45, 7) is 12.8. The van der Waals surface area contributed by atoms with Crippen LogP contribution in [0.5, 0.6) is 0 Å². The van der Waals surface area contributed by atoms with Gasteiger partial charge in [-0.1, -0.05) is 72.8 Å². The molecule has 0 atom stereocenters. The monoisotopic (exact) mass is 579 g/mol. The van der Waals surface area contributed by atoms with Crippen LogP contribution in [0.3, 0.4) is 0 Å². The smallest absolute Gasteiger partial charge is 0.313 e. The zero-order valence-electron chi connectivity index (χ0n) is 23.3. The Hall–Kier alpha value is -3.13. The van der Waals surface area contributed by atoms with Crippen molar-refractivity contribution < 1.29 is 18.7 Å². The molecule has 210 valence electrons. The van der Waals surface area contributed by atoms with Crippen molar-refractivity contribution in [3.8, 4) is 11.1 Å². The van der Waals surface area contributed by atoms with Gasteiger partial charge in [0.15, 0.2) is 0 Å². The number of hydrogen-bond donors (Lipinski definition) is 1. The lowest BCUT2D eigenvalue weighted by atomic mass is 10.0. The average molecular weight is 580 g/mol. The number of carboxylic acid groups (broad SMARTS) is 1. The second-order valence-electron chi connectivity index (χ2n) is 9.54. The van der Waals surface area contributed by atoms with Gasteiger partial charge in [-0.15, -0.1) is 11.8 Å². The van der Waals surface area contributed by atoms with Gasteiger partial charge in [0.05, 0.1) is 5.75 Å². The summed E-state index contributed by atoms with van der Waals surface area (Å²) < 4.78 is 29.1. The summed E-state index contributed by atoms with van der Waals surface area (Å²) in [5.74, 6) is -0.824. The first-order chi connectivity index (χ1) is 19.1. The van der Waals surface area contributed by atoms with E-state index in [1.54, 1.807) is 11.9 Å². The van der Waals surface area contributed by atoms with Crippen LogP contribution in [-0.2, 0) is 11.3 Å². The van der Waals surface area contributed by atoms with E-state index in [2.05, 4.69) is 68.1 Å². The highest BCUT2D eigenvalue weighted by molar-refractivity contribution is 8.00. The number of allylic oxidation sites excluding steroid dienone is 3. The maximum atomic E-state index is 13.4. The minimum atomic E-state index is -2.58. The van der Waals surface area contributed by atoms with Crippen LogP contribution < -0.4 is 0 Å². The number of benzene rings is 3. The van der Waals surface area contributed by atoms with Crippen molar-refractivity contribution in [1.82, 2.24) is 4.31 Å². The van der Waals surface area contributed by atoms with E-state index in [1.165, 1.54) is 40.6 Å². The number of thioether (sulfide) groups is 1. The van der Waals surface area contributed by atoms with Crippen LogP contribution in [-0.4, -0.2) is 34.1 Å². The predicted molar refractivity (Wildman–Crippen MR) is 165 cm³/mol. The van der Waals surface area contributed by atoms with Gasteiger partial charge in [-0.3, -0.25) is 4.79 Å². The van der Waals surface area contributed by atoms with Crippen LogP contribution in [0.4, 0.5) is 8.78 Å². The SMILES string of the molecule is C=C/C(=C\C(=C/C)CN(Cc1ccc(-c2cccc(SCC(=O)O)c2)cc1)Sc1c(C)cc(C)cc1C)C(F)F. The topological polar surface area (TPSA) is 40.5 Å². The van der Waals surface area contributed by atoms with Gasteiger partial charge in [0.2, 0.25) is 0 Å². The third-order valence-corrected chi connectivity index (χ3v) is 8.56. The number of aryl methyl sites for hydroxylation is 3. The fourth-order valence-corrected chi connectivity index (χ4v) is 6.09. The Morgan fingerprint density at radius 2 is 1.70 bits per heavy atom. The number of carboxylic acids is 1. The van der Waals surface area contributed by atoms with Crippen molar-refractivity contribution in [2.75, 3.05) is 12.3 Å². The molecule has 40 heavy (non-hydrogen) atoms. The Bertz CT molecular complexity index is 1370. The molecule has 0 saturated carbocycles. The number of halogens is 2. The third kappa shape index (κ3) is 9.22. The second kappa shape index (κ2) is 15.0. The number of hydrogen-bond acceptors (Lipinski definition) is 4. The maximum absolute atomic E-state index is 13.4. The van der Waals surface area contributed by atoms with E-state index in [9.17, 15) is 13.6 Å². The van der Waals surface area contributed by atoms with E-state index in [0.29, 0.717) is 13.1 Å². The summed E-state index contributed by atoms with van der Waals surface area (Å²) in [5.41, 5.74) is 7.41. The van der Waals surface area contributed by atoms with E-state index in [1.807, 2.05) is 37.3 Å². The molecule has 0 bridgehead atoms. The molecular formula is C33H35F2NO2S2. The maximum Gasteiger partial charge on any atom is 0.313 e. The average Bonchev–Trinajstić information content (AvgIpc) is 2.92. The first-order valence-corrected chi connectivity index (χ1v) is 14.7. The molecule has 3 aromatic carbocycles. The molecule has 3 aromatic rings. The molecule has 0 heterocycles. The van der Waals surface area contributed by atoms with Gasteiger partial charge in [-0.2, -0.15) is 0 Å². The van der Waals surface area contributed by atoms with E-state index in [0.717, 1.165) is 32.1 Å². The number of carbonyl (C=O) groups is 1. The molecule has 0 amide bonds. The lowest BCUT2D eigenvalue weighted by Crippen LogP contribution is -2.19. The van der Waals surface area contributed by atoms with Crippen molar-refractivity contribution in [3.63, 3.8) is 0 Å².